The molecule has 0 aromatic rings. The third kappa shape index (κ3) is 7.66. The van der Waals surface area contributed by atoms with Gasteiger partial charge in [-0.25, -0.2) is 0 Å². The van der Waals surface area contributed by atoms with E-state index in [4.69, 9.17) is 5.73 Å². The van der Waals surface area contributed by atoms with Crippen LogP contribution in [0.5, 0.6) is 0 Å². The fraction of sp³-hybridized carbons (Fsp3) is 0.714. The average Bonchev–Trinajstić information content (AvgIpc) is 1.80. The van der Waals surface area contributed by atoms with Crippen LogP contribution in [0, 0.1) is 0 Å². The second-order valence-corrected chi connectivity index (χ2v) is 2.30. The molecule has 2 nitrogen and oxygen atoms in total. The van der Waals surface area contributed by atoms with Crippen molar-refractivity contribution in [2.75, 3.05) is 27.2 Å². The van der Waals surface area contributed by atoms with Crippen LogP contribution in [-0.2, 0) is 0 Å². The molecular weight excluding hydrogens is 112 g/mol. The van der Waals surface area contributed by atoms with E-state index in [1.165, 1.54) is 0 Å². The summed E-state index contributed by atoms with van der Waals surface area (Å²) in [4.78, 5) is 2.15. The molecule has 0 saturated heterocycles. The lowest BCUT2D eigenvalue weighted by Gasteiger charge is -2.05. The molecule has 2 heteroatoms. The highest BCUT2D eigenvalue weighted by molar-refractivity contribution is 4.82. The van der Waals surface area contributed by atoms with Gasteiger partial charge in [-0.1, -0.05) is 12.2 Å². The lowest BCUT2D eigenvalue weighted by Crippen LogP contribution is -2.11. The van der Waals surface area contributed by atoms with Gasteiger partial charge >= 0.3 is 0 Å². The summed E-state index contributed by atoms with van der Waals surface area (Å²) in [6.45, 7) is 1.77. The first kappa shape index (κ1) is 8.66. The van der Waals surface area contributed by atoms with E-state index in [0.717, 1.165) is 13.0 Å². The number of hydrogen-bond acceptors (Lipinski definition) is 2. The second-order valence-electron chi connectivity index (χ2n) is 2.30. The lowest BCUT2D eigenvalue weighted by atomic mass is 10.3. The number of rotatable bonds is 4. The van der Waals surface area contributed by atoms with Gasteiger partial charge < -0.3 is 10.6 Å². The average molecular weight is 128 g/mol. The Labute approximate surface area is 57.3 Å². The maximum Gasteiger partial charge on any atom is 0.0106 e. The molecule has 0 atom stereocenters. The van der Waals surface area contributed by atoms with Gasteiger partial charge in [0.05, 0.1) is 0 Å². The maximum absolute atomic E-state index is 5.24. The summed E-state index contributed by atoms with van der Waals surface area (Å²) in [5.74, 6) is 0. The van der Waals surface area contributed by atoms with Crippen LogP contribution < -0.4 is 5.73 Å². The minimum atomic E-state index is 0.660. The van der Waals surface area contributed by atoms with Crippen LogP contribution in [0.15, 0.2) is 12.2 Å². The summed E-state index contributed by atoms with van der Waals surface area (Å²) in [7, 11) is 4.13. The van der Waals surface area contributed by atoms with E-state index in [1.54, 1.807) is 0 Å². The highest BCUT2D eigenvalue weighted by Crippen LogP contribution is 1.83. The van der Waals surface area contributed by atoms with Gasteiger partial charge in [0, 0.05) is 13.1 Å². The van der Waals surface area contributed by atoms with Gasteiger partial charge in [0.1, 0.15) is 0 Å². The highest BCUT2D eigenvalue weighted by atomic mass is 15.0. The molecule has 0 saturated carbocycles. The topological polar surface area (TPSA) is 29.3 Å². The first-order valence-electron chi connectivity index (χ1n) is 3.27. The van der Waals surface area contributed by atoms with Gasteiger partial charge in [-0.2, -0.15) is 0 Å². The maximum atomic E-state index is 5.24. The van der Waals surface area contributed by atoms with E-state index in [2.05, 4.69) is 25.1 Å². The minimum absolute atomic E-state index is 0.660. The molecule has 0 fully saturated rings. The van der Waals surface area contributed by atoms with E-state index in [-0.39, 0.29) is 0 Å². The quantitative estimate of drug-likeness (QED) is 0.557. The zero-order valence-corrected chi connectivity index (χ0v) is 6.30. The van der Waals surface area contributed by atoms with Crippen LogP contribution >= 0.6 is 0 Å². The van der Waals surface area contributed by atoms with Crippen LogP contribution in [0.2, 0.25) is 0 Å². The van der Waals surface area contributed by atoms with Gasteiger partial charge in [0.15, 0.2) is 0 Å². The summed E-state index contributed by atoms with van der Waals surface area (Å²) in [5, 5.41) is 0. The Hall–Kier alpha value is -0.340. The molecule has 0 heterocycles. The molecule has 54 valence electrons. The van der Waals surface area contributed by atoms with Crippen molar-refractivity contribution in [3.8, 4) is 0 Å². The SMILES string of the molecule is CN(C)CCC=CCN. The van der Waals surface area contributed by atoms with E-state index in [1.807, 2.05) is 6.08 Å². The number of nitrogens with zero attached hydrogens (tertiary/aromatic N) is 1. The van der Waals surface area contributed by atoms with E-state index in [0.29, 0.717) is 6.54 Å². The van der Waals surface area contributed by atoms with E-state index >= 15 is 0 Å². The van der Waals surface area contributed by atoms with Crippen molar-refractivity contribution in [1.82, 2.24) is 4.90 Å². The fourth-order valence-corrected chi connectivity index (χ4v) is 0.547. The van der Waals surface area contributed by atoms with Crippen molar-refractivity contribution in [2.45, 2.75) is 6.42 Å². The highest BCUT2D eigenvalue weighted by Gasteiger charge is 1.83. The van der Waals surface area contributed by atoms with Crippen molar-refractivity contribution in [2.24, 2.45) is 5.73 Å². The van der Waals surface area contributed by atoms with Crippen LogP contribution in [0.3, 0.4) is 0 Å². The summed E-state index contributed by atoms with van der Waals surface area (Å²) < 4.78 is 0. The predicted molar refractivity (Wildman–Crippen MR) is 41.4 cm³/mol. The molecule has 0 aromatic heterocycles. The molecule has 0 spiro atoms. The summed E-state index contributed by atoms with van der Waals surface area (Å²) in [6, 6.07) is 0. The standard InChI is InChI=1S/C7H16N2/c1-9(2)7-5-3-4-6-8/h3-4H,5-8H2,1-2H3. The fourth-order valence-electron chi connectivity index (χ4n) is 0.547. The smallest absolute Gasteiger partial charge is 0.0106 e. The zero-order valence-electron chi connectivity index (χ0n) is 6.30. The van der Waals surface area contributed by atoms with Crippen molar-refractivity contribution in [3.63, 3.8) is 0 Å². The molecule has 0 rings (SSSR count). The predicted octanol–water partition coefficient (Wildman–Crippen LogP) is 0.453. The Bertz CT molecular complexity index is 77.0. The molecule has 0 aromatic carbocycles. The molecule has 0 aliphatic rings. The van der Waals surface area contributed by atoms with Crippen LogP contribution in [-0.4, -0.2) is 32.1 Å². The first-order chi connectivity index (χ1) is 4.27. The van der Waals surface area contributed by atoms with Crippen LogP contribution in [0.1, 0.15) is 6.42 Å². The van der Waals surface area contributed by atoms with Gasteiger partial charge in [0.2, 0.25) is 0 Å². The third-order valence-corrected chi connectivity index (χ3v) is 1.05. The summed E-state index contributed by atoms with van der Waals surface area (Å²) in [5.41, 5.74) is 5.24. The normalized spacial score (nSPS) is 11.6. The van der Waals surface area contributed by atoms with Gasteiger partial charge in [-0.3, -0.25) is 0 Å². The molecule has 0 aliphatic heterocycles. The van der Waals surface area contributed by atoms with Crippen molar-refractivity contribution in [1.29, 1.82) is 0 Å². The zero-order chi connectivity index (χ0) is 7.11. The molecule has 0 bridgehead atoms. The molecule has 9 heavy (non-hydrogen) atoms. The second kappa shape index (κ2) is 5.79. The van der Waals surface area contributed by atoms with Gasteiger partial charge in [-0.05, 0) is 20.5 Å². The lowest BCUT2D eigenvalue weighted by molar-refractivity contribution is 0.417. The van der Waals surface area contributed by atoms with Crippen LogP contribution in [0.25, 0.3) is 0 Å². The van der Waals surface area contributed by atoms with Crippen molar-refractivity contribution < 1.29 is 0 Å². The van der Waals surface area contributed by atoms with Crippen molar-refractivity contribution >= 4 is 0 Å². The molecule has 0 amide bonds. The molecule has 2 N–H and O–H groups in total. The Balaban J connectivity index is 2.99. The Morgan fingerprint density at radius 3 is 2.44 bits per heavy atom. The minimum Gasteiger partial charge on any atom is -0.327 e. The monoisotopic (exact) mass is 128 g/mol. The molecule has 0 aliphatic carbocycles. The Kier molecular flexibility index (Phi) is 5.57. The van der Waals surface area contributed by atoms with E-state index < -0.39 is 0 Å². The Morgan fingerprint density at radius 2 is 2.00 bits per heavy atom. The third-order valence-electron chi connectivity index (χ3n) is 1.05. The number of hydrogen-bond donors (Lipinski definition) is 1. The van der Waals surface area contributed by atoms with Crippen molar-refractivity contribution in [3.05, 3.63) is 12.2 Å². The first-order valence-corrected chi connectivity index (χ1v) is 3.27. The largest absolute Gasteiger partial charge is 0.327 e. The summed E-state index contributed by atoms with van der Waals surface area (Å²) >= 11 is 0. The van der Waals surface area contributed by atoms with Gasteiger partial charge in [-0.15, -0.1) is 0 Å². The van der Waals surface area contributed by atoms with E-state index in [9.17, 15) is 0 Å². The van der Waals surface area contributed by atoms with Gasteiger partial charge in [0.25, 0.3) is 0 Å². The molecular formula is C7H16N2. The molecule has 0 radical (unpaired) electrons. The summed E-state index contributed by atoms with van der Waals surface area (Å²) in [6.07, 6.45) is 5.20. The Morgan fingerprint density at radius 1 is 1.33 bits per heavy atom. The molecule has 0 unspecified atom stereocenters. The van der Waals surface area contributed by atoms with Crippen LogP contribution in [0.4, 0.5) is 0 Å². The number of nitrogens with two attached hydrogens (primary N) is 1.